The minimum absolute atomic E-state index is 0.261. The van der Waals surface area contributed by atoms with E-state index in [2.05, 4.69) is 10.6 Å². The number of hydrogen-bond acceptors (Lipinski definition) is 3. The molecule has 0 fully saturated rings. The summed E-state index contributed by atoms with van der Waals surface area (Å²) in [5.41, 5.74) is 2.96. The van der Waals surface area contributed by atoms with Gasteiger partial charge in [-0.1, -0.05) is 42.5 Å². The van der Waals surface area contributed by atoms with Crippen molar-refractivity contribution in [2.75, 3.05) is 20.2 Å². The fraction of sp³-hybridized carbons (Fsp3) is 0.278. The summed E-state index contributed by atoms with van der Waals surface area (Å²) in [5, 5.41) is 14.2. The van der Waals surface area contributed by atoms with Gasteiger partial charge in [0.25, 0.3) is 0 Å². The summed E-state index contributed by atoms with van der Waals surface area (Å²) in [6, 6.07) is 15.8. The SMILES string of the molecule is CNCCCOc1cc(CNC(=O)O)ccc1-c1ccccc1. The van der Waals surface area contributed by atoms with E-state index in [0.29, 0.717) is 6.61 Å². The molecule has 0 aliphatic heterocycles. The molecule has 2 aromatic rings. The van der Waals surface area contributed by atoms with Crippen LogP contribution in [0.2, 0.25) is 0 Å². The lowest BCUT2D eigenvalue weighted by atomic mass is 10.0. The van der Waals surface area contributed by atoms with Gasteiger partial charge in [0, 0.05) is 12.1 Å². The first-order chi connectivity index (χ1) is 11.2. The predicted molar refractivity (Wildman–Crippen MR) is 90.8 cm³/mol. The van der Waals surface area contributed by atoms with Crippen molar-refractivity contribution in [3.63, 3.8) is 0 Å². The van der Waals surface area contributed by atoms with Crippen molar-refractivity contribution in [3.8, 4) is 16.9 Å². The molecule has 0 heterocycles. The van der Waals surface area contributed by atoms with Gasteiger partial charge in [-0.25, -0.2) is 4.79 Å². The van der Waals surface area contributed by atoms with Crippen molar-refractivity contribution in [3.05, 3.63) is 54.1 Å². The second-order valence-corrected chi connectivity index (χ2v) is 5.16. The number of ether oxygens (including phenoxy) is 1. The van der Waals surface area contributed by atoms with Gasteiger partial charge in [-0.2, -0.15) is 0 Å². The molecule has 122 valence electrons. The van der Waals surface area contributed by atoms with Crippen molar-refractivity contribution < 1.29 is 14.6 Å². The molecule has 0 saturated carbocycles. The van der Waals surface area contributed by atoms with Crippen LogP contribution in [0.5, 0.6) is 5.75 Å². The third-order valence-electron chi connectivity index (χ3n) is 3.40. The molecule has 0 saturated heterocycles. The number of carbonyl (C=O) groups is 1. The molecule has 5 heteroatoms. The number of benzene rings is 2. The Morgan fingerprint density at radius 2 is 1.96 bits per heavy atom. The van der Waals surface area contributed by atoms with Gasteiger partial charge in [0.1, 0.15) is 5.75 Å². The quantitative estimate of drug-likeness (QED) is 0.655. The van der Waals surface area contributed by atoms with Crippen LogP contribution in [0.3, 0.4) is 0 Å². The van der Waals surface area contributed by atoms with Crippen LogP contribution < -0.4 is 15.4 Å². The third kappa shape index (κ3) is 5.30. The maximum atomic E-state index is 10.6. The van der Waals surface area contributed by atoms with E-state index in [1.165, 1.54) is 0 Å². The van der Waals surface area contributed by atoms with Crippen LogP contribution in [0.25, 0.3) is 11.1 Å². The summed E-state index contributed by atoms with van der Waals surface area (Å²) in [7, 11) is 1.91. The first-order valence-corrected chi connectivity index (χ1v) is 7.63. The van der Waals surface area contributed by atoms with Crippen molar-refractivity contribution >= 4 is 6.09 Å². The normalized spacial score (nSPS) is 10.3. The molecule has 0 radical (unpaired) electrons. The van der Waals surface area contributed by atoms with Crippen molar-refractivity contribution in [2.24, 2.45) is 0 Å². The maximum Gasteiger partial charge on any atom is 0.404 e. The molecule has 0 spiro atoms. The fourth-order valence-electron chi connectivity index (χ4n) is 2.26. The lowest BCUT2D eigenvalue weighted by Crippen LogP contribution is -2.20. The summed E-state index contributed by atoms with van der Waals surface area (Å²) in [4.78, 5) is 10.6. The minimum Gasteiger partial charge on any atom is -0.493 e. The van der Waals surface area contributed by atoms with E-state index in [1.807, 2.05) is 55.6 Å². The number of amides is 1. The van der Waals surface area contributed by atoms with Crippen LogP contribution >= 0.6 is 0 Å². The first kappa shape index (κ1) is 16.8. The standard InChI is InChI=1S/C18H22N2O3/c1-19-10-5-11-23-17-12-14(13-20-18(21)22)8-9-16(17)15-6-3-2-4-7-15/h2-4,6-9,12,19-20H,5,10-11,13H2,1H3,(H,21,22). The molecule has 23 heavy (non-hydrogen) atoms. The Morgan fingerprint density at radius 3 is 2.65 bits per heavy atom. The van der Waals surface area contributed by atoms with E-state index in [9.17, 15) is 4.79 Å². The molecule has 3 N–H and O–H groups in total. The average molecular weight is 314 g/mol. The highest BCUT2D eigenvalue weighted by Gasteiger charge is 2.08. The number of carboxylic acid groups (broad SMARTS) is 1. The molecular weight excluding hydrogens is 292 g/mol. The Hall–Kier alpha value is -2.53. The van der Waals surface area contributed by atoms with E-state index in [4.69, 9.17) is 9.84 Å². The van der Waals surface area contributed by atoms with Gasteiger partial charge >= 0.3 is 6.09 Å². The lowest BCUT2D eigenvalue weighted by Gasteiger charge is -2.14. The highest BCUT2D eigenvalue weighted by Crippen LogP contribution is 2.31. The number of nitrogens with one attached hydrogen (secondary N) is 2. The third-order valence-corrected chi connectivity index (χ3v) is 3.40. The lowest BCUT2D eigenvalue weighted by molar-refractivity contribution is 0.194. The summed E-state index contributed by atoms with van der Waals surface area (Å²) in [5.74, 6) is 0.775. The molecule has 0 atom stereocenters. The molecule has 5 nitrogen and oxygen atoms in total. The molecule has 0 aliphatic rings. The Morgan fingerprint density at radius 1 is 1.17 bits per heavy atom. The van der Waals surface area contributed by atoms with Crippen LogP contribution in [0.1, 0.15) is 12.0 Å². The van der Waals surface area contributed by atoms with Crippen LogP contribution in [0.4, 0.5) is 4.79 Å². The zero-order chi connectivity index (χ0) is 16.5. The van der Waals surface area contributed by atoms with Crippen molar-refractivity contribution in [1.29, 1.82) is 0 Å². The average Bonchev–Trinajstić information content (AvgIpc) is 2.58. The van der Waals surface area contributed by atoms with Crippen LogP contribution in [-0.4, -0.2) is 31.4 Å². The summed E-state index contributed by atoms with van der Waals surface area (Å²) >= 11 is 0. The topological polar surface area (TPSA) is 70.6 Å². The van der Waals surface area contributed by atoms with Gasteiger partial charge in [0.15, 0.2) is 0 Å². The molecule has 2 aromatic carbocycles. The maximum absolute atomic E-state index is 10.6. The fourth-order valence-corrected chi connectivity index (χ4v) is 2.26. The second kappa shape index (κ2) is 8.80. The van der Waals surface area contributed by atoms with Crippen molar-refractivity contribution in [1.82, 2.24) is 10.6 Å². The van der Waals surface area contributed by atoms with Gasteiger partial charge in [0.05, 0.1) is 6.61 Å². The van der Waals surface area contributed by atoms with E-state index in [0.717, 1.165) is 35.4 Å². The smallest absolute Gasteiger partial charge is 0.404 e. The van der Waals surface area contributed by atoms with Gasteiger partial charge in [0.2, 0.25) is 0 Å². The minimum atomic E-state index is -1.03. The Bertz CT molecular complexity index is 629. The van der Waals surface area contributed by atoms with Gasteiger partial charge in [-0.05, 0) is 37.2 Å². The zero-order valence-corrected chi connectivity index (χ0v) is 13.2. The number of hydrogen-bond donors (Lipinski definition) is 3. The van der Waals surface area contributed by atoms with E-state index >= 15 is 0 Å². The monoisotopic (exact) mass is 314 g/mol. The largest absolute Gasteiger partial charge is 0.493 e. The number of rotatable bonds is 8. The molecule has 0 unspecified atom stereocenters. The van der Waals surface area contributed by atoms with Gasteiger partial charge in [-0.15, -0.1) is 0 Å². The molecule has 0 aromatic heterocycles. The van der Waals surface area contributed by atoms with Crippen LogP contribution in [0, 0.1) is 0 Å². The first-order valence-electron chi connectivity index (χ1n) is 7.63. The molecule has 2 rings (SSSR count). The molecular formula is C18H22N2O3. The molecule has 0 bridgehead atoms. The Balaban J connectivity index is 2.20. The Labute approximate surface area is 136 Å². The highest BCUT2D eigenvalue weighted by molar-refractivity contribution is 5.71. The van der Waals surface area contributed by atoms with Crippen LogP contribution in [-0.2, 0) is 6.54 Å². The second-order valence-electron chi connectivity index (χ2n) is 5.16. The van der Waals surface area contributed by atoms with Crippen molar-refractivity contribution in [2.45, 2.75) is 13.0 Å². The van der Waals surface area contributed by atoms with Gasteiger partial charge < -0.3 is 20.5 Å². The van der Waals surface area contributed by atoms with E-state index in [-0.39, 0.29) is 6.54 Å². The van der Waals surface area contributed by atoms with Gasteiger partial charge in [-0.3, -0.25) is 0 Å². The summed E-state index contributed by atoms with van der Waals surface area (Å²) < 4.78 is 5.93. The predicted octanol–water partition coefficient (Wildman–Crippen LogP) is 3.11. The molecule has 1 amide bonds. The summed E-state index contributed by atoms with van der Waals surface area (Å²) in [6.45, 7) is 1.76. The highest BCUT2D eigenvalue weighted by atomic mass is 16.5. The molecule has 0 aliphatic carbocycles. The zero-order valence-electron chi connectivity index (χ0n) is 13.2. The van der Waals surface area contributed by atoms with E-state index < -0.39 is 6.09 Å². The Kier molecular flexibility index (Phi) is 6.44. The summed E-state index contributed by atoms with van der Waals surface area (Å²) in [6.07, 6.45) is -0.129. The van der Waals surface area contributed by atoms with E-state index in [1.54, 1.807) is 0 Å². The van der Waals surface area contributed by atoms with Crippen LogP contribution in [0.15, 0.2) is 48.5 Å².